The van der Waals surface area contributed by atoms with Crippen LogP contribution in [0.5, 0.6) is 0 Å². The maximum absolute atomic E-state index is 11.0. The van der Waals surface area contributed by atoms with Crippen molar-refractivity contribution < 1.29 is 0 Å². The smallest absolute Gasteiger partial charge is 0.267 e. The van der Waals surface area contributed by atoms with E-state index in [2.05, 4.69) is 9.97 Å². The highest BCUT2D eigenvalue weighted by Gasteiger charge is 1.98. The zero-order chi connectivity index (χ0) is 9.80. The first-order valence-electron chi connectivity index (χ1n) is 3.88. The van der Waals surface area contributed by atoms with Crippen molar-refractivity contribution >= 4 is 23.1 Å². The predicted octanol–water partition coefficient (Wildman–Crippen LogP) is 2.05. The monoisotopic (exact) mass is 222 g/mol. The molecule has 0 radical (unpaired) electrons. The maximum Gasteiger partial charge on any atom is 0.272 e. The Balaban J connectivity index is 2.24. The number of rotatable bonds is 2. The van der Waals surface area contributed by atoms with Crippen LogP contribution in [0.3, 0.4) is 0 Å². The lowest BCUT2D eigenvalue weighted by Crippen LogP contribution is -2.01. The van der Waals surface area contributed by atoms with Gasteiger partial charge in [-0.3, -0.25) is 9.78 Å². The van der Waals surface area contributed by atoms with Gasteiger partial charge in [-0.2, -0.15) is 4.98 Å². The van der Waals surface area contributed by atoms with Crippen LogP contribution in [-0.2, 0) is 0 Å². The topological polar surface area (TPSA) is 42.9 Å². The largest absolute Gasteiger partial charge is 0.272 e. The Labute approximate surface area is 88.9 Å². The van der Waals surface area contributed by atoms with Gasteiger partial charge in [0.05, 0.1) is 0 Å². The lowest BCUT2D eigenvalue weighted by atomic mass is 10.5. The molecule has 2 heterocycles. The van der Waals surface area contributed by atoms with Gasteiger partial charge in [0.1, 0.15) is 0 Å². The van der Waals surface area contributed by atoms with E-state index < -0.39 is 0 Å². The van der Waals surface area contributed by atoms with E-state index in [0.29, 0.717) is 0 Å². The summed E-state index contributed by atoms with van der Waals surface area (Å²) >= 11 is 2.92. The first-order chi connectivity index (χ1) is 6.84. The van der Waals surface area contributed by atoms with E-state index in [1.807, 2.05) is 12.1 Å². The third-order valence-electron chi connectivity index (χ3n) is 1.44. The highest BCUT2D eigenvalue weighted by atomic mass is 32.2. The highest BCUT2D eigenvalue weighted by molar-refractivity contribution is 8.01. The van der Waals surface area contributed by atoms with Crippen molar-refractivity contribution in [2.45, 2.75) is 9.24 Å². The molecule has 0 aromatic carbocycles. The van der Waals surface area contributed by atoms with Gasteiger partial charge in [0.2, 0.25) is 0 Å². The van der Waals surface area contributed by atoms with Crippen LogP contribution in [0.4, 0.5) is 0 Å². The number of nitrogens with zero attached hydrogens (tertiary/aromatic N) is 2. The van der Waals surface area contributed by atoms with E-state index in [0.717, 1.165) is 9.24 Å². The van der Waals surface area contributed by atoms with Gasteiger partial charge in [0, 0.05) is 23.4 Å². The van der Waals surface area contributed by atoms with Gasteiger partial charge >= 0.3 is 0 Å². The fourth-order valence-electron chi connectivity index (χ4n) is 0.858. The predicted molar refractivity (Wildman–Crippen MR) is 56.7 cm³/mol. The average Bonchev–Trinajstić information content (AvgIpc) is 2.19. The molecule has 0 aliphatic heterocycles. The summed E-state index contributed by atoms with van der Waals surface area (Å²) in [5.41, 5.74) is -0.194. The van der Waals surface area contributed by atoms with Gasteiger partial charge in [-0.1, -0.05) is 11.8 Å². The fraction of sp³-hybridized carbons (Fsp3) is 0. The minimum absolute atomic E-state index is 0.194. The fourth-order valence-corrected chi connectivity index (χ4v) is 2.54. The van der Waals surface area contributed by atoms with Gasteiger partial charge in [-0.15, -0.1) is 11.3 Å². The van der Waals surface area contributed by atoms with Gasteiger partial charge in [-0.25, -0.2) is 0 Å². The number of aromatic nitrogens is 2. The van der Waals surface area contributed by atoms with Crippen molar-refractivity contribution in [2.75, 3.05) is 0 Å². The molecule has 0 aliphatic carbocycles. The normalized spacial score (nSPS) is 10.0. The van der Waals surface area contributed by atoms with Crippen molar-refractivity contribution in [2.24, 2.45) is 0 Å². The van der Waals surface area contributed by atoms with Crippen molar-refractivity contribution in [1.82, 2.24) is 9.97 Å². The van der Waals surface area contributed by atoms with Crippen LogP contribution in [0.15, 0.2) is 50.0 Å². The second-order valence-corrected chi connectivity index (χ2v) is 4.64. The molecular weight excluding hydrogens is 216 g/mol. The van der Waals surface area contributed by atoms with Gasteiger partial charge < -0.3 is 0 Å². The van der Waals surface area contributed by atoms with Gasteiger partial charge in [0.25, 0.3) is 5.56 Å². The van der Waals surface area contributed by atoms with E-state index in [9.17, 15) is 4.79 Å². The lowest BCUT2D eigenvalue weighted by Gasteiger charge is -1.96. The Kier molecular flexibility index (Phi) is 2.90. The summed E-state index contributed by atoms with van der Waals surface area (Å²) in [4.78, 5) is 19.8. The molecular formula is C9H6N2OS2. The summed E-state index contributed by atoms with van der Waals surface area (Å²) in [5, 5.41) is 1.75. The summed E-state index contributed by atoms with van der Waals surface area (Å²) < 4.78 is 0.753. The van der Waals surface area contributed by atoms with Gasteiger partial charge in [-0.05, 0) is 17.5 Å². The molecule has 70 valence electrons. The Morgan fingerprint density at radius 2 is 2.00 bits per heavy atom. The number of hydrogen-bond donors (Lipinski definition) is 0. The molecule has 2 aromatic rings. The second kappa shape index (κ2) is 4.34. The zero-order valence-corrected chi connectivity index (χ0v) is 8.72. The molecule has 0 amide bonds. The first-order valence-corrected chi connectivity index (χ1v) is 5.58. The minimum atomic E-state index is -0.194. The molecule has 0 unspecified atom stereocenters. The molecule has 0 bridgehead atoms. The lowest BCUT2D eigenvalue weighted by molar-refractivity contribution is 1.15. The third-order valence-corrected chi connectivity index (χ3v) is 3.31. The van der Waals surface area contributed by atoms with E-state index in [1.165, 1.54) is 29.2 Å². The molecule has 3 nitrogen and oxygen atoms in total. The Morgan fingerprint density at radius 3 is 2.71 bits per heavy atom. The van der Waals surface area contributed by atoms with Crippen LogP contribution in [0.1, 0.15) is 0 Å². The molecule has 5 heteroatoms. The van der Waals surface area contributed by atoms with Crippen LogP contribution < -0.4 is 5.56 Å². The molecule has 0 spiro atoms. The molecule has 2 aromatic heterocycles. The highest BCUT2D eigenvalue weighted by Crippen LogP contribution is 2.26. The maximum atomic E-state index is 11.0. The van der Waals surface area contributed by atoms with E-state index in [4.69, 9.17) is 0 Å². The summed E-state index contributed by atoms with van der Waals surface area (Å²) in [7, 11) is 0. The zero-order valence-electron chi connectivity index (χ0n) is 7.08. The van der Waals surface area contributed by atoms with Crippen LogP contribution in [0.2, 0.25) is 0 Å². The van der Waals surface area contributed by atoms with Crippen molar-refractivity contribution in [1.29, 1.82) is 0 Å². The third kappa shape index (κ3) is 2.40. The first kappa shape index (κ1) is 9.36. The SMILES string of the molecule is O=c1ccsc(Sc2ccncc2)n1. The van der Waals surface area contributed by atoms with E-state index in [1.54, 1.807) is 17.8 Å². The molecule has 0 fully saturated rings. The Morgan fingerprint density at radius 1 is 1.21 bits per heavy atom. The molecule has 0 aliphatic rings. The molecule has 14 heavy (non-hydrogen) atoms. The molecule has 0 saturated heterocycles. The van der Waals surface area contributed by atoms with Crippen molar-refractivity contribution in [3.63, 3.8) is 0 Å². The summed E-state index contributed by atoms with van der Waals surface area (Å²) in [6, 6.07) is 5.23. The van der Waals surface area contributed by atoms with Crippen LogP contribution >= 0.6 is 23.1 Å². The molecule has 0 N–H and O–H groups in total. The average molecular weight is 222 g/mol. The quantitative estimate of drug-likeness (QED) is 0.780. The van der Waals surface area contributed by atoms with Crippen molar-refractivity contribution in [3.05, 3.63) is 46.3 Å². The molecule has 2 rings (SSSR count). The van der Waals surface area contributed by atoms with Crippen LogP contribution in [-0.4, -0.2) is 9.97 Å². The van der Waals surface area contributed by atoms with E-state index >= 15 is 0 Å². The van der Waals surface area contributed by atoms with Gasteiger partial charge in [0.15, 0.2) is 4.34 Å². The Bertz CT molecular complexity index is 469. The standard InChI is InChI=1S/C9H6N2OS2/c12-8-3-6-13-9(11-8)14-7-1-4-10-5-2-7/h1-6H. The minimum Gasteiger partial charge on any atom is -0.267 e. The number of pyridine rings is 1. The van der Waals surface area contributed by atoms with Crippen LogP contribution in [0, 0.1) is 0 Å². The summed E-state index contributed by atoms with van der Waals surface area (Å²) in [6.45, 7) is 0. The molecule has 0 saturated carbocycles. The Hall–Kier alpha value is -1.20. The number of hydrogen-bond acceptors (Lipinski definition) is 5. The summed E-state index contributed by atoms with van der Waals surface area (Å²) in [5.74, 6) is 0. The van der Waals surface area contributed by atoms with Crippen LogP contribution in [0.25, 0.3) is 0 Å². The summed E-state index contributed by atoms with van der Waals surface area (Å²) in [6.07, 6.45) is 3.43. The molecule has 0 atom stereocenters. The van der Waals surface area contributed by atoms with E-state index in [-0.39, 0.29) is 5.56 Å². The second-order valence-electron chi connectivity index (χ2n) is 2.42. The van der Waals surface area contributed by atoms with Crippen molar-refractivity contribution in [3.8, 4) is 0 Å².